The molecule has 0 amide bonds. The molecule has 1 rings (SSSR count). The lowest BCUT2D eigenvalue weighted by Gasteiger charge is -2.07. The molecular weight excluding hydrogens is 218 g/mol. The van der Waals surface area contributed by atoms with E-state index in [-0.39, 0.29) is 17.5 Å². The highest BCUT2D eigenvalue weighted by Gasteiger charge is 2.19. The minimum Gasteiger partial charge on any atom is -0.478 e. The SMILES string of the molecule is CCC(=O)c1cc(C(=O)O)ccc1C(F)F. The predicted molar refractivity (Wildman–Crippen MR) is 53.0 cm³/mol. The maximum Gasteiger partial charge on any atom is 0.335 e. The van der Waals surface area contributed by atoms with Gasteiger partial charge in [-0.25, -0.2) is 13.6 Å². The van der Waals surface area contributed by atoms with Crippen molar-refractivity contribution in [3.05, 3.63) is 34.9 Å². The zero-order chi connectivity index (χ0) is 12.3. The zero-order valence-corrected chi connectivity index (χ0v) is 8.54. The quantitative estimate of drug-likeness (QED) is 0.806. The summed E-state index contributed by atoms with van der Waals surface area (Å²) in [6.45, 7) is 1.53. The average molecular weight is 228 g/mol. The van der Waals surface area contributed by atoms with E-state index in [2.05, 4.69) is 0 Å². The van der Waals surface area contributed by atoms with Crippen molar-refractivity contribution in [3.8, 4) is 0 Å². The normalized spacial score (nSPS) is 10.5. The minimum atomic E-state index is -2.78. The van der Waals surface area contributed by atoms with Crippen molar-refractivity contribution in [2.45, 2.75) is 19.8 Å². The maximum absolute atomic E-state index is 12.6. The van der Waals surface area contributed by atoms with Crippen molar-refractivity contribution in [1.29, 1.82) is 0 Å². The van der Waals surface area contributed by atoms with Crippen molar-refractivity contribution in [2.24, 2.45) is 0 Å². The first-order chi connectivity index (χ1) is 7.47. The van der Waals surface area contributed by atoms with E-state index in [4.69, 9.17) is 5.11 Å². The van der Waals surface area contributed by atoms with Crippen LogP contribution in [0.4, 0.5) is 8.78 Å². The highest BCUT2D eigenvalue weighted by Crippen LogP contribution is 2.25. The molecule has 1 aromatic rings. The Labute approximate surface area is 90.7 Å². The fourth-order valence-electron chi connectivity index (χ4n) is 1.31. The third-order valence-corrected chi connectivity index (χ3v) is 2.16. The minimum absolute atomic E-state index is 0.0583. The Balaban J connectivity index is 3.32. The van der Waals surface area contributed by atoms with Gasteiger partial charge in [-0.15, -0.1) is 0 Å². The molecule has 0 aliphatic carbocycles. The number of carboxylic acid groups (broad SMARTS) is 1. The van der Waals surface area contributed by atoms with Gasteiger partial charge in [0.15, 0.2) is 5.78 Å². The lowest BCUT2D eigenvalue weighted by atomic mass is 9.99. The van der Waals surface area contributed by atoms with Crippen LogP contribution in [0.2, 0.25) is 0 Å². The first-order valence-electron chi connectivity index (χ1n) is 4.66. The molecule has 0 spiro atoms. The van der Waals surface area contributed by atoms with Crippen molar-refractivity contribution < 1.29 is 23.5 Å². The van der Waals surface area contributed by atoms with Crippen molar-refractivity contribution in [2.75, 3.05) is 0 Å². The van der Waals surface area contributed by atoms with E-state index in [9.17, 15) is 18.4 Å². The molecule has 0 heterocycles. The number of hydrogen-bond acceptors (Lipinski definition) is 2. The van der Waals surface area contributed by atoms with E-state index < -0.39 is 23.7 Å². The first kappa shape index (κ1) is 12.3. The molecule has 0 saturated heterocycles. The smallest absolute Gasteiger partial charge is 0.335 e. The summed E-state index contributed by atoms with van der Waals surface area (Å²) in [7, 11) is 0. The summed E-state index contributed by atoms with van der Waals surface area (Å²) in [5.74, 6) is -1.73. The number of carbonyl (C=O) groups excluding carboxylic acids is 1. The van der Waals surface area contributed by atoms with Gasteiger partial charge >= 0.3 is 5.97 Å². The van der Waals surface area contributed by atoms with Gasteiger partial charge in [-0.3, -0.25) is 4.79 Å². The van der Waals surface area contributed by atoms with Crippen LogP contribution in [0, 0.1) is 0 Å². The van der Waals surface area contributed by atoms with Crippen LogP contribution in [0.1, 0.15) is 46.0 Å². The highest BCUT2D eigenvalue weighted by atomic mass is 19.3. The Morgan fingerprint density at radius 1 is 1.38 bits per heavy atom. The Kier molecular flexibility index (Phi) is 3.71. The van der Waals surface area contributed by atoms with E-state index in [1.165, 1.54) is 6.92 Å². The summed E-state index contributed by atoms with van der Waals surface area (Å²) >= 11 is 0. The van der Waals surface area contributed by atoms with Crippen LogP contribution in [0.25, 0.3) is 0 Å². The fourth-order valence-corrected chi connectivity index (χ4v) is 1.31. The highest BCUT2D eigenvalue weighted by molar-refractivity contribution is 6.00. The first-order valence-corrected chi connectivity index (χ1v) is 4.66. The Hall–Kier alpha value is -1.78. The molecule has 86 valence electrons. The average Bonchev–Trinajstić information content (AvgIpc) is 2.26. The summed E-state index contributed by atoms with van der Waals surface area (Å²) in [6.07, 6.45) is -2.73. The maximum atomic E-state index is 12.6. The summed E-state index contributed by atoms with van der Waals surface area (Å²) in [5, 5.41) is 8.69. The van der Waals surface area contributed by atoms with Crippen LogP contribution < -0.4 is 0 Å². The molecule has 0 aliphatic rings. The molecule has 0 saturated carbocycles. The molecule has 1 aromatic carbocycles. The second-order valence-electron chi connectivity index (χ2n) is 3.18. The van der Waals surface area contributed by atoms with Gasteiger partial charge in [0.05, 0.1) is 5.56 Å². The second kappa shape index (κ2) is 4.83. The molecule has 16 heavy (non-hydrogen) atoms. The molecule has 0 atom stereocenters. The summed E-state index contributed by atoms with van der Waals surface area (Å²) in [5.41, 5.74) is -0.796. The fraction of sp³-hybridized carbons (Fsp3) is 0.273. The van der Waals surface area contributed by atoms with Gasteiger partial charge in [0.25, 0.3) is 6.43 Å². The van der Waals surface area contributed by atoms with E-state index >= 15 is 0 Å². The molecule has 3 nitrogen and oxygen atoms in total. The summed E-state index contributed by atoms with van der Waals surface area (Å²) in [4.78, 5) is 22.0. The number of hydrogen-bond donors (Lipinski definition) is 1. The van der Waals surface area contributed by atoms with Gasteiger partial charge in [-0.05, 0) is 12.1 Å². The van der Waals surface area contributed by atoms with Crippen LogP contribution in [0.15, 0.2) is 18.2 Å². The van der Waals surface area contributed by atoms with E-state index in [1.54, 1.807) is 0 Å². The monoisotopic (exact) mass is 228 g/mol. The predicted octanol–water partition coefficient (Wildman–Crippen LogP) is 2.92. The van der Waals surface area contributed by atoms with Crippen molar-refractivity contribution in [3.63, 3.8) is 0 Å². The second-order valence-corrected chi connectivity index (χ2v) is 3.18. The zero-order valence-electron chi connectivity index (χ0n) is 8.54. The number of Topliss-reactive ketones (excluding diaryl/α,β-unsaturated/α-hetero) is 1. The van der Waals surface area contributed by atoms with E-state index in [0.717, 1.165) is 18.2 Å². The van der Waals surface area contributed by atoms with Crippen LogP contribution in [-0.2, 0) is 0 Å². The van der Waals surface area contributed by atoms with Crippen LogP contribution in [0.5, 0.6) is 0 Å². The summed E-state index contributed by atoms with van der Waals surface area (Å²) in [6, 6.07) is 3.04. The van der Waals surface area contributed by atoms with E-state index in [1.807, 2.05) is 0 Å². The third-order valence-electron chi connectivity index (χ3n) is 2.16. The Morgan fingerprint density at radius 3 is 2.44 bits per heavy atom. The molecule has 1 N–H and O–H groups in total. The number of carbonyl (C=O) groups is 2. The van der Waals surface area contributed by atoms with Crippen LogP contribution in [-0.4, -0.2) is 16.9 Å². The molecule has 0 unspecified atom stereocenters. The molecule has 5 heteroatoms. The largest absolute Gasteiger partial charge is 0.478 e. The molecule has 0 fully saturated rings. The topological polar surface area (TPSA) is 54.4 Å². The number of rotatable bonds is 4. The van der Waals surface area contributed by atoms with Crippen LogP contribution >= 0.6 is 0 Å². The Bertz CT molecular complexity index is 427. The third kappa shape index (κ3) is 2.42. The van der Waals surface area contributed by atoms with Gasteiger partial charge in [-0.1, -0.05) is 13.0 Å². The number of carboxylic acids is 1. The molecule has 0 aromatic heterocycles. The number of halogens is 2. The number of ketones is 1. The van der Waals surface area contributed by atoms with Gasteiger partial charge in [-0.2, -0.15) is 0 Å². The standard InChI is InChI=1S/C11H10F2O3/c1-2-9(14)8-5-6(11(15)16)3-4-7(8)10(12)13/h3-5,10H,2H2,1H3,(H,15,16). The van der Waals surface area contributed by atoms with Crippen molar-refractivity contribution >= 4 is 11.8 Å². The summed E-state index contributed by atoms with van der Waals surface area (Å²) < 4.78 is 25.1. The molecule has 0 aliphatic heterocycles. The van der Waals surface area contributed by atoms with Gasteiger partial charge in [0.1, 0.15) is 0 Å². The lowest BCUT2D eigenvalue weighted by Crippen LogP contribution is -2.06. The molecule has 0 radical (unpaired) electrons. The molecule has 0 bridgehead atoms. The van der Waals surface area contributed by atoms with Gasteiger partial charge < -0.3 is 5.11 Å². The van der Waals surface area contributed by atoms with E-state index in [0.29, 0.717) is 0 Å². The number of benzene rings is 1. The number of aromatic carboxylic acids is 1. The van der Waals surface area contributed by atoms with Gasteiger partial charge in [0, 0.05) is 17.5 Å². The lowest BCUT2D eigenvalue weighted by molar-refractivity contribution is 0.0696. The van der Waals surface area contributed by atoms with Gasteiger partial charge in [0.2, 0.25) is 0 Å². The van der Waals surface area contributed by atoms with Crippen molar-refractivity contribution in [1.82, 2.24) is 0 Å². The van der Waals surface area contributed by atoms with Crippen LogP contribution in [0.3, 0.4) is 0 Å². The number of alkyl halides is 2. The Morgan fingerprint density at radius 2 is 2.00 bits per heavy atom. The molecular formula is C11H10F2O3.